The van der Waals surface area contributed by atoms with E-state index in [1.54, 1.807) is 18.2 Å². The number of primary amides is 1. The maximum Gasteiger partial charge on any atom is 0.268 e. The van der Waals surface area contributed by atoms with Crippen LogP contribution in [-0.4, -0.2) is 53.3 Å². The maximum absolute atomic E-state index is 13.3. The molecule has 37 heavy (non-hydrogen) atoms. The minimum absolute atomic E-state index is 0.118. The second-order valence-corrected chi connectivity index (χ2v) is 11.8. The number of halogens is 1. The zero-order chi connectivity index (χ0) is 27.1. The second-order valence-electron chi connectivity index (χ2n) is 11.4. The minimum atomic E-state index is -1.03. The minimum Gasteiger partial charge on any atom is -0.497 e. The van der Waals surface area contributed by atoms with E-state index in [9.17, 15) is 19.2 Å². The SMILES string of the molecule is COc1cc(Cl)c2[nH]c(C(=O)NC(CC(C)(C)C)C(=O)NC(CC3CC4(CC4)NC3=O)C(N)=O)cc2c1. The van der Waals surface area contributed by atoms with E-state index in [-0.39, 0.29) is 29.0 Å². The van der Waals surface area contributed by atoms with Gasteiger partial charge in [0.05, 0.1) is 17.6 Å². The molecule has 1 aliphatic heterocycles. The molecule has 2 aliphatic rings. The van der Waals surface area contributed by atoms with E-state index in [2.05, 4.69) is 20.9 Å². The molecule has 2 fully saturated rings. The number of fused-ring (bicyclic) bond motifs is 1. The standard InChI is InChI=1S/C26H34ClN5O5/c1-25(2,3)12-19(31-23(35)18-8-13-7-15(37-4)10-16(27)20(13)29-18)24(36)30-17(21(28)33)9-14-11-26(5-6-26)32-22(14)34/h7-8,10,14,17,19,29H,5-6,9,11-12H2,1-4H3,(H2,28,33)(H,30,36)(H,31,35)(H,32,34). The van der Waals surface area contributed by atoms with Gasteiger partial charge in [0.2, 0.25) is 17.7 Å². The number of ether oxygens (including phenoxy) is 1. The Hall–Kier alpha value is -3.27. The number of nitrogens with one attached hydrogen (secondary N) is 4. The average Bonchev–Trinajstić information content (AvgIpc) is 3.27. The van der Waals surface area contributed by atoms with Crippen molar-refractivity contribution in [2.75, 3.05) is 7.11 Å². The predicted molar refractivity (Wildman–Crippen MR) is 139 cm³/mol. The van der Waals surface area contributed by atoms with Crippen molar-refractivity contribution in [1.29, 1.82) is 0 Å². The molecule has 3 atom stereocenters. The Morgan fingerprint density at radius 2 is 1.89 bits per heavy atom. The van der Waals surface area contributed by atoms with Gasteiger partial charge in [-0.2, -0.15) is 0 Å². The maximum atomic E-state index is 13.3. The topological polar surface area (TPSA) is 155 Å². The number of H-pyrrole nitrogens is 1. The quantitative estimate of drug-likeness (QED) is 0.336. The Morgan fingerprint density at radius 3 is 2.46 bits per heavy atom. The number of methoxy groups -OCH3 is 1. The normalized spacial score (nSPS) is 19.8. The predicted octanol–water partition coefficient (Wildman–Crippen LogP) is 2.39. The highest BCUT2D eigenvalue weighted by Gasteiger charge is 2.52. The molecule has 1 aliphatic carbocycles. The summed E-state index contributed by atoms with van der Waals surface area (Å²) < 4.78 is 5.23. The van der Waals surface area contributed by atoms with Crippen molar-refractivity contribution >= 4 is 46.1 Å². The third-order valence-corrected chi connectivity index (χ3v) is 7.30. The highest BCUT2D eigenvalue weighted by atomic mass is 35.5. The number of carbonyl (C=O) groups is 4. The van der Waals surface area contributed by atoms with Crippen molar-refractivity contribution in [2.45, 2.75) is 70.5 Å². The molecule has 1 saturated heterocycles. The van der Waals surface area contributed by atoms with Crippen LogP contribution in [0, 0.1) is 11.3 Å². The van der Waals surface area contributed by atoms with Crippen molar-refractivity contribution in [3.63, 3.8) is 0 Å². The third-order valence-electron chi connectivity index (χ3n) is 7.00. The van der Waals surface area contributed by atoms with Crippen molar-refractivity contribution in [3.05, 3.63) is 28.9 Å². The van der Waals surface area contributed by atoms with Crippen LogP contribution in [0.5, 0.6) is 5.75 Å². The van der Waals surface area contributed by atoms with E-state index >= 15 is 0 Å². The lowest BCUT2D eigenvalue weighted by atomic mass is 9.87. The van der Waals surface area contributed by atoms with Gasteiger partial charge in [0, 0.05) is 22.9 Å². The van der Waals surface area contributed by atoms with Crippen LogP contribution in [0.3, 0.4) is 0 Å². The fourth-order valence-corrected chi connectivity index (χ4v) is 5.19. The van der Waals surface area contributed by atoms with Crippen LogP contribution in [0.1, 0.15) is 63.4 Å². The first-order chi connectivity index (χ1) is 17.3. The smallest absolute Gasteiger partial charge is 0.268 e. The fourth-order valence-electron chi connectivity index (χ4n) is 4.92. The molecule has 11 heteroatoms. The summed E-state index contributed by atoms with van der Waals surface area (Å²) in [6.07, 6.45) is 2.90. The van der Waals surface area contributed by atoms with Gasteiger partial charge in [-0.1, -0.05) is 32.4 Å². The van der Waals surface area contributed by atoms with E-state index in [4.69, 9.17) is 22.1 Å². The molecule has 10 nitrogen and oxygen atoms in total. The Bertz CT molecular complexity index is 1250. The molecule has 4 rings (SSSR count). The summed E-state index contributed by atoms with van der Waals surface area (Å²) in [5.74, 6) is -1.73. The Morgan fingerprint density at radius 1 is 1.19 bits per heavy atom. The lowest BCUT2D eigenvalue weighted by molar-refractivity contribution is -0.130. The van der Waals surface area contributed by atoms with Crippen LogP contribution >= 0.6 is 11.6 Å². The fraction of sp³-hybridized carbons (Fsp3) is 0.538. The van der Waals surface area contributed by atoms with Gasteiger partial charge >= 0.3 is 0 Å². The van der Waals surface area contributed by atoms with E-state index < -0.39 is 35.7 Å². The van der Waals surface area contributed by atoms with Crippen LogP contribution in [0.15, 0.2) is 18.2 Å². The number of aromatic nitrogens is 1. The number of hydrogen-bond acceptors (Lipinski definition) is 5. The molecular formula is C26H34ClN5O5. The summed E-state index contributed by atoms with van der Waals surface area (Å²) in [5, 5.41) is 9.53. The van der Waals surface area contributed by atoms with Gasteiger partial charge in [-0.05, 0) is 49.7 Å². The van der Waals surface area contributed by atoms with Crippen LogP contribution in [-0.2, 0) is 14.4 Å². The highest BCUT2D eigenvalue weighted by Crippen LogP contribution is 2.46. The van der Waals surface area contributed by atoms with Crippen LogP contribution in [0.25, 0.3) is 10.9 Å². The molecule has 1 spiro atoms. The lowest BCUT2D eigenvalue weighted by Crippen LogP contribution is -2.54. The highest BCUT2D eigenvalue weighted by molar-refractivity contribution is 6.35. The summed E-state index contributed by atoms with van der Waals surface area (Å²) in [6, 6.07) is 3.03. The van der Waals surface area contributed by atoms with E-state index in [1.807, 2.05) is 20.8 Å². The first-order valence-electron chi connectivity index (χ1n) is 12.4. The average molecular weight is 532 g/mol. The van der Waals surface area contributed by atoms with Crippen molar-refractivity contribution < 1.29 is 23.9 Å². The molecule has 2 aromatic rings. The molecule has 0 radical (unpaired) electrons. The Labute approximate surface area is 220 Å². The van der Waals surface area contributed by atoms with Gasteiger partial charge in [-0.25, -0.2) is 0 Å². The van der Waals surface area contributed by atoms with Crippen LogP contribution in [0.2, 0.25) is 5.02 Å². The monoisotopic (exact) mass is 531 g/mol. The second kappa shape index (κ2) is 9.89. The number of aromatic amines is 1. The van der Waals surface area contributed by atoms with E-state index in [0.29, 0.717) is 34.5 Å². The number of amides is 4. The lowest BCUT2D eigenvalue weighted by Gasteiger charge is -2.28. The molecule has 0 bridgehead atoms. The van der Waals surface area contributed by atoms with Crippen molar-refractivity contribution in [1.82, 2.24) is 20.9 Å². The van der Waals surface area contributed by atoms with E-state index in [1.165, 1.54) is 7.11 Å². The Balaban J connectivity index is 1.49. The molecule has 1 aromatic carbocycles. The molecule has 3 unspecified atom stereocenters. The Kier molecular flexibility index (Phi) is 7.16. The molecule has 1 aromatic heterocycles. The van der Waals surface area contributed by atoms with Crippen LogP contribution in [0.4, 0.5) is 0 Å². The molecule has 1 saturated carbocycles. The summed E-state index contributed by atoms with van der Waals surface area (Å²) in [4.78, 5) is 54.1. The summed E-state index contributed by atoms with van der Waals surface area (Å²) in [5.41, 5.74) is 5.91. The number of benzene rings is 1. The largest absolute Gasteiger partial charge is 0.497 e. The first-order valence-corrected chi connectivity index (χ1v) is 12.8. The van der Waals surface area contributed by atoms with Crippen molar-refractivity contribution in [3.8, 4) is 5.75 Å². The molecule has 6 N–H and O–H groups in total. The molecular weight excluding hydrogens is 498 g/mol. The third kappa shape index (κ3) is 6.18. The van der Waals surface area contributed by atoms with Gasteiger partial charge in [0.25, 0.3) is 5.91 Å². The van der Waals surface area contributed by atoms with Gasteiger partial charge < -0.3 is 31.4 Å². The summed E-state index contributed by atoms with van der Waals surface area (Å²) in [7, 11) is 1.52. The van der Waals surface area contributed by atoms with Gasteiger partial charge in [-0.15, -0.1) is 0 Å². The number of hydrogen-bond donors (Lipinski definition) is 5. The van der Waals surface area contributed by atoms with Crippen LogP contribution < -0.4 is 26.4 Å². The van der Waals surface area contributed by atoms with Crippen molar-refractivity contribution in [2.24, 2.45) is 17.1 Å². The summed E-state index contributed by atoms with van der Waals surface area (Å²) >= 11 is 6.31. The molecule has 2 heterocycles. The number of carbonyl (C=O) groups excluding carboxylic acids is 4. The number of rotatable bonds is 9. The molecule has 4 amide bonds. The van der Waals surface area contributed by atoms with E-state index in [0.717, 1.165) is 12.8 Å². The number of nitrogens with two attached hydrogens (primary N) is 1. The summed E-state index contributed by atoms with van der Waals surface area (Å²) in [6.45, 7) is 5.83. The zero-order valence-electron chi connectivity index (χ0n) is 21.5. The van der Waals surface area contributed by atoms with Gasteiger partial charge in [-0.3, -0.25) is 19.2 Å². The first kappa shape index (κ1) is 26.8. The molecule has 200 valence electrons. The van der Waals surface area contributed by atoms with Gasteiger partial charge in [0.1, 0.15) is 23.5 Å². The zero-order valence-corrected chi connectivity index (χ0v) is 22.3. The van der Waals surface area contributed by atoms with Gasteiger partial charge in [0.15, 0.2) is 0 Å².